The number of hydrogen-bond donors (Lipinski definition) is 1. The molecule has 100 valence electrons. The van der Waals surface area contributed by atoms with Crippen molar-refractivity contribution in [3.8, 4) is 0 Å². The molecule has 0 aliphatic carbocycles. The van der Waals surface area contributed by atoms with E-state index in [1.807, 2.05) is 6.92 Å². The molecule has 1 N–H and O–H groups in total. The van der Waals surface area contributed by atoms with Crippen LogP contribution in [0.5, 0.6) is 0 Å². The van der Waals surface area contributed by atoms with Gasteiger partial charge in [-0.2, -0.15) is 0 Å². The Balaban J connectivity index is 2.14. The van der Waals surface area contributed by atoms with Gasteiger partial charge in [0.1, 0.15) is 0 Å². The minimum Gasteiger partial charge on any atom is -0.469 e. The van der Waals surface area contributed by atoms with Crippen molar-refractivity contribution < 1.29 is 9.53 Å². The second-order valence-electron chi connectivity index (χ2n) is 5.03. The van der Waals surface area contributed by atoms with Gasteiger partial charge in [0, 0.05) is 19.1 Å². The first kappa shape index (κ1) is 14.5. The number of nitrogens with zero attached hydrogens (tertiary/aromatic N) is 1. The van der Waals surface area contributed by atoms with Crippen molar-refractivity contribution >= 4 is 5.97 Å². The minimum absolute atomic E-state index is 0.0615. The highest BCUT2D eigenvalue weighted by Gasteiger charge is 2.17. The normalized spacial score (nSPS) is 20.9. The van der Waals surface area contributed by atoms with Gasteiger partial charge in [0.25, 0.3) is 0 Å². The third-order valence-corrected chi connectivity index (χ3v) is 3.51. The van der Waals surface area contributed by atoms with Gasteiger partial charge in [-0.3, -0.25) is 9.69 Å². The van der Waals surface area contributed by atoms with Crippen LogP contribution in [-0.4, -0.2) is 50.2 Å². The van der Waals surface area contributed by atoms with Gasteiger partial charge >= 0.3 is 5.97 Å². The molecule has 1 fully saturated rings. The molecule has 2 unspecified atom stereocenters. The number of rotatable bonds is 6. The summed E-state index contributed by atoms with van der Waals surface area (Å²) in [5.41, 5.74) is 0. The molecule has 0 aromatic rings. The van der Waals surface area contributed by atoms with Crippen molar-refractivity contribution in [2.24, 2.45) is 5.92 Å². The number of esters is 1. The third-order valence-electron chi connectivity index (χ3n) is 3.51. The summed E-state index contributed by atoms with van der Waals surface area (Å²) in [6.45, 7) is 8.22. The average Bonchev–Trinajstić information content (AvgIpc) is 2.38. The van der Waals surface area contributed by atoms with Gasteiger partial charge in [-0.25, -0.2) is 0 Å². The van der Waals surface area contributed by atoms with Gasteiger partial charge in [-0.05, 0) is 32.9 Å². The van der Waals surface area contributed by atoms with Crippen LogP contribution in [0.1, 0.15) is 33.1 Å². The van der Waals surface area contributed by atoms with Crippen molar-refractivity contribution in [2.75, 3.05) is 33.3 Å². The predicted molar refractivity (Wildman–Crippen MR) is 68.9 cm³/mol. The molecule has 0 amide bonds. The first-order chi connectivity index (χ1) is 8.15. The summed E-state index contributed by atoms with van der Waals surface area (Å²) in [4.78, 5) is 13.7. The van der Waals surface area contributed by atoms with E-state index >= 15 is 0 Å². The number of nitrogens with one attached hydrogen (secondary N) is 1. The molecule has 0 saturated carbocycles. The van der Waals surface area contributed by atoms with Gasteiger partial charge in [0.15, 0.2) is 0 Å². The zero-order valence-corrected chi connectivity index (χ0v) is 11.4. The van der Waals surface area contributed by atoms with Gasteiger partial charge in [0.05, 0.1) is 13.0 Å². The Labute approximate surface area is 105 Å². The molecule has 1 saturated heterocycles. The summed E-state index contributed by atoms with van der Waals surface area (Å²) in [5, 5.41) is 3.35. The predicted octanol–water partition coefficient (Wildman–Crippen LogP) is 1.26. The SMILES string of the molecule is COC(=O)C(C)CNCC(C)N1CCCCC1. The molecule has 2 atom stereocenters. The molecule has 0 spiro atoms. The summed E-state index contributed by atoms with van der Waals surface area (Å²) < 4.78 is 4.70. The van der Waals surface area contributed by atoms with Crippen LogP contribution in [-0.2, 0) is 9.53 Å². The van der Waals surface area contributed by atoms with Crippen LogP contribution in [0.2, 0.25) is 0 Å². The van der Waals surface area contributed by atoms with Crippen molar-refractivity contribution in [1.29, 1.82) is 0 Å². The van der Waals surface area contributed by atoms with E-state index in [-0.39, 0.29) is 11.9 Å². The number of ether oxygens (including phenoxy) is 1. The maximum atomic E-state index is 11.2. The van der Waals surface area contributed by atoms with E-state index in [1.54, 1.807) is 0 Å². The van der Waals surface area contributed by atoms with Crippen LogP contribution in [0.15, 0.2) is 0 Å². The highest BCUT2D eigenvalue weighted by molar-refractivity contribution is 5.71. The quantitative estimate of drug-likeness (QED) is 0.712. The molecular weight excluding hydrogens is 216 g/mol. The van der Waals surface area contributed by atoms with Crippen LogP contribution in [0, 0.1) is 5.92 Å². The average molecular weight is 242 g/mol. The van der Waals surface area contributed by atoms with E-state index < -0.39 is 0 Å². The Morgan fingerprint density at radius 3 is 2.47 bits per heavy atom. The molecule has 0 bridgehead atoms. The summed E-state index contributed by atoms with van der Waals surface area (Å²) in [7, 11) is 1.44. The van der Waals surface area contributed by atoms with E-state index in [9.17, 15) is 4.79 Å². The Bertz CT molecular complexity index is 227. The van der Waals surface area contributed by atoms with Gasteiger partial charge in [0.2, 0.25) is 0 Å². The maximum Gasteiger partial charge on any atom is 0.309 e. The third kappa shape index (κ3) is 5.04. The standard InChI is InChI=1S/C13H26N2O2/c1-11(13(16)17-3)9-14-10-12(2)15-7-5-4-6-8-15/h11-12,14H,4-10H2,1-3H3. The van der Waals surface area contributed by atoms with Crippen LogP contribution in [0.3, 0.4) is 0 Å². The second kappa shape index (κ2) is 7.67. The lowest BCUT2D eigenvalue weighted by Gasteiger charge is -2.32. The molecule has 1 rings (SSSR count). The zero-order chi connectivity index (χ0) is 12.7. The van der Waals surface area contributed by atoms with Crippen molar-refractivity contribution in [3.05, 3.63) is 0 Å². The summed E-state index contributed by atoms with van der Waals surface area (Å²) in [6.07, 6.45) is 4.02. The lowest BCUT2D eigenvalue weighted by Crippen LogP contribution is -2.44. The summed E-state index contributed by atoms with van der Waals surface area (Å²) in [5.74, 6) is -0.198. The molecule has 4 nitrogen and oxygen atoms in total. The molecule has 4 heteroatoms. The molecule has 0 aromatic carbocycles. The minimum atomic E-state index is -0.136. The second-order valence-corrected chi connectivity index (χ2v) is 5.03. The molecule has 1 aliphatic heterocycles. The smallest absolute Gasteiger partial charge is 0.309 e. The fraction of sp³-hybridized carbons (Fsp3) is 0.923. The monoisotopic (exact) mass is 242 g/mol. The zero-order valence-electron chi connectivity index (χ0n) is 11.4. The highest BCUT2D eigenvalue weighted by Crippen LogP contribution is 2.11. The molecule has 17 heavy (non-hydrogen) atoms. The van der Waals surface area contributed by atoms with E-state index in [0.29, 0.717) is 12.6 Å². The van der Waals surface area contributed by atoms with E-state index in [2.05, 4.69) is 17.1 Å². The summed E-state index contributed by atoms with van der Waals surface area (Å²) in [6, 6.07) is 0.556. The number of carbonyl (C=O) groups excluding carboxylic acids is 1. The molecule has 0 aromatic heterocycles. The van der Waals surface area contributed by atoms with Crippen LogP contribution in [0.4, 0.5) is 0 Å². The molecule has 0 radical (unpaired) electrons. The maximum absolute atomic E-state index is 11.2. The van der Waals surface area contributed by atoms with Crippen molar-refractivity contribution in [3.63, 3.8) is 0 Å². The van der Waals surface area contributed by atoms with Gasteiger partial charge < -0.3 is 10.1 Å². The molecule has 1 heterocycles. The fourth-order valence-electron chi connectivity index (χ4n) is 2.28. The lowest BCUT2D eigenvalue weighted by atomic mass is 10.1. The summed E-state index contributed by atoms with van der Waals surface area (Å²) >= 11 is 0. The first-order valence-electron chi connectivity index (χ1n) is 6.67. The lowest BCUT2D eigenvalue weighted by molar-refractivity contribution is -0.144. The number of hydrogen-bond acceptors (Lipinski definition) is 4. The number of carbonyl (C=O) groups is 1. The topological polar surface area (TPSA) is 41.6 Å². The van der Waals surface area contributed by atoms with Crippen LogP contribution in [0.25, 0.3) is 0 Å². The molecular formula is C13H26N2O2. The van der Waals surface area contributed by atoms with E-state index in [1.165, 1.54) is 39.5 Å². The van der Waals surface area contributed by atoms with Crippen molar-refractivity contribution in [2.45, 2.75) is 39.2 Å². The van der Waals surface area contributed by atoms with Crippen LogP contribution < -0.4 is 5.32 Å². The van der Waals surface area contributed by atoms with E-state index in [0.717, 1.165) is 6.54 Å². The number of piperidine rings is 1. The number of likely N-dealkylation sites (tertiary alicyclic amines) is 1. The Kier molecular flexibility index (Phi) is 6.52. The Hall–Kier alpha value is -0.610. The fourth-order valence-corrected chi connectivity index (χ4v) is 2.28. The molecule has 1 aliphatic rings. The Morgan fingerprint density at radius 1 is 1.24 bits per heavy atom. The van der Waals surface area contributed by atoms with Crippen molar-refractivity contribution in [1.82, 2.24) is 10.2 Å². The Morgan fingerprint density at radius 2 is 1.88 bits per heavy atom. The van der Waals surface area contributed by atoms with E-state index in [4.69, 9.17) is 4.74 Å². The van der Waals surface area contributed by atoms with Gasteiger partial charge in [-0.1, -0.05) is 13.3 Å². The van der Waals surface area contributed by atoms with Gasteiger partial charge in [-0.15, -0.1) is 0 Å². The number of methoxy groups -OCH3 is 1. The first-order valence-corrected chi connectivity index (χ1v) is 6.67. The largest absolute Gasteiger partial charge is 0.469 e. The van der Waals surface area contributed by atoms with Crippen LogP contribution >= 0.6 is 0 Å². The highest BCUT2D eigenvalue weighted by atomic mass is 16.5.